The van der Waals surface area contributed by atoms with E-state index in [0.717, 1.165) is 12.8 Å². The summed E-state index contributed by atoms with van der Waals surface area (Å²) in [6.07, 6.45) is 1.83. The average molecular weight is 274 g/mol. The van der Waals surface area contributed by atoms with Crippen LogP contribution < -0.4 is 5.32 Å². The van der Waals surface area contributed by atoms with Crippen molar-refractivity contribution in [2.45, 2.75) is 19.3 Å². The van der Waals surface area contributed by atoms with Crippen LogP contribution in [-0.2, 0) is 15.6 Å². The van der Waals surface area contributed by atoms with Gasteiger partial charge in [0.25, 0.3) is 0 Å². The zero-order valence-electron chi connectivity index (χ0n) is 10.2. The second-order valence-corrected chi connectivity index (χ2v) is 6.65. The van der Waals surface area contributed by atoms with E-state index in [1.807, 2.05) is 0 Å². The van der Waals surface area contributed by atoms with E-state index in [1.165, 1.54) is 0 Å². The summed E-state index contributed by atoms with van der Waals surface area (Å²) in [6.45, 7) is 1.80. The molecule has 1 saturated heterocycles. The van der Waals surface area contributed by atoms with Gasteiger partial charge in [0, 0.05) is 41.9 Å². The highest BCUT2D eigenvalue weighted by molar-refractivity contribution is 7.85. The van der Waals surface area contributed by atoms with E-state index < -0.39 is 16.8 Å². The van der Waals surface area contributed by atoms with Crippen molar-refractivity contribution in [3.8, 4) is 0 Å². The molecular weight excluding hydrogens is 256 g/mol. The lowest BCUT2D eigenvalue weighted by molar-refractivity contribution is -0.138. The van der Waals surface area contributed by atoms with Gasteiger partial charge >= 0.3 is 12.0 Å². The second-order valence-electron chi connectivity index (χ2n) is 5.08. The predicted molar refractivity (Wildman–Crippen MR) is 66.8 cm³/mol. The Morgan fingerprint density at radius 2 is 2.22 bits per heavy atom. The van der Waals surface area contributed by atoms with Crippen molar-refractivity contribution in [3.05, 3.63) is 0 Å². The van der Waals surface area contributed by atoms with Crippen LogP contribution >= 0.6 is 0 Å². The zero-order valence-corrected chi connectivity index (χ0v) is 11.0. The van der Waals surface area contributed by atoms with Gasteiger partial charge < -0.3 is 15.3 Å². The van der Waals surface area contributed by atoms with E-state index in [2.05, 4.69) is 5.32 Å². The Morgan fingerprint density at radius 1 is 1.50 bits per heavy atom. The number of hydrogen-bond donors (Lipinski definition) is 2. The molecule has 0 radical (unpaired) electrons. The Hall–Kier alpha value is -1.11. The average Bonchev–Trinajstić information content (AvgIpc) is 2.87. The molecule has 6 nitrogen and oxygen atoms in total. The summed E-state index contributed by atoms with van der Waals surface area (Å²) >= 11 is 0. The number of carboxylic acids is 1. The maximum Gasteiger partial charge on any atom is 0.317 e. The SMILES string of the molecule is O=C(O)CC1(CS(=O)CCN2CCNC2=O)CC1. The van der Waals surface area contributed by atoms with Gasteiger partial charge in [0.15, 0.2) is 0 Å². The minimum absolute atomic E-state index is 0.0985. The first-order valence-corrected chi connectivity index (χ1v) is 7.59. The van der Waals surface area contributed by atoms with Gasteiger partial charge in [-0.2, -0.15) is 0 Å². The predicted octanol–water partition coefficient (Wildman–Crippen LogP) is 0.0152. The molecule has 102 valence electrons. The Kier molecular flexibility index (Phi) is 3.89. The van der Waals surface area contributed by atoms with Gasteiger partial charge in [-0.15, -0.1) is 0 Å². The maximum absolute atomic E-state index is 11.9. The summed E-state index contributed by atoms with van der Waals surface area (Å²) in [5.41, 5.74) is -0.232. The van der Waals surface area contributed by atoms with Crippen molar-refractivity contribution in [3.63, 3.8) is 0 Å². The summed E-state index contributed by atoms with van der Waals surface area (Å²) < 4.78 is 11.9. The lowest BCUT2D eigenvalue weighted by Gasteiger charge is -2.15. The smallest absolute Gasteiger partial charge is 0.317 e. The summed E-state index contributed by atoms with van der Waals surface area (Å²) in [7, 11) is -1.04. The highest BCUT2D eigenvalue weighted by Crippen LogP contribution is 2.49. The number of rotatable bonds is 7. The van der Waals surface area contributed by atoms with Gasteiger partial charge in [0.1, 0.15) is 0 Å². The highest BCUT2D eigenvalue weighted by Gasteiger charge is 2.45. The van der Waals surface area contributed by atoms with Crippen LogP contribution in [0.5, 0.6) is 0 Å². The van der Waals surface area contributed by atoms with Gasteiger partial charge in [-0.05, 0) is 18.3 Å². The molecule has 1 heterocycles. The monoisotopic (exact) mass is 274 g/mol. The van der Waals surface area contributed by atoms with Crippen LogP contribution in [0.4, 0.5) is 4.79 Å². The topological polar surface area (TPSA) is 86.7 Å². The fraction of sp³-hybridized carbons (Fsp3) is 0.818. The fourth-order valence-electron chi connectivity index (χ4n) is 2.22. The second kappa shape index (κ2) is 5.26. The molecule has 7 heteroatoms. The summed E-state index contributed by atoms with van der Waals surface area (Å²) in [4.78, 5) is 23.6. The van der Waals surface area contributed by atoms with Crippen molar-refractivity contribution in [1.29, 1.82) is 0 Å². The van der Waals surface area contributed by atoms with Crippen molar-refractivity contribution >= 4 is 22.8 Å². The van der Waals surface area contributed by atoms with Crippen molar-refractivity contribution in [2.24, 2.45) is 5.41 Å². The van der Waals surface area contributed by atoms with Crippen LogP contribution in [0.3, 0.4) is 0 Å². The van der Waals surface area contributed by atoms with Crippen LogP contribution in [0.25, 0.3) is 0 Å². The molecule has 0 aromatic carbocycles. The van der Waals surface area contributed by atoms with Crippen molar-refractivity contribution in [2.75, 3.05) is 31.1 Å². The number of carbonyl (C=O) groups is 2. The summed E-state index contributed by atoms with van der Waals surface area (Å²) in [5, 5.41) is 11.5. The maximum atomic E-state index is 11.9. The fourth-order valence-corrected chi connectivity index (χ4v) is 3.86. The normalized spacial score (nSPS) is 22.7. The number of urea groups is 1. The molecule has 0 aromatic heterocycles. The van der Waals surface area contributed by atoms with Gasteiger partial charge in [-0.25, -0.2) is 4.79 Å². The van der Waals surface area contributed by atoms with Crippen LogP contribution in [0.15, 0.2) is 0 Å². The van der Waals surface area contributed by atoms with E-state index >= 15 is 0 Å². The highest BCUT2D eigenvalue weighted by atomic mass is 32.2. The number of aliphatic carboxylic acids is 1. The Balaban J connectivity index is 1.72. The third-order valence-corrected chi connectivity index (χ3v) is 5.06. The molecule has 18 heavy (non-hydrogen) atoms. The van der Waals surface area contributed by atoms with E-state index in [4.69, 9.17) is 5.11 Å². The van der Waals surface area contributed by atoms with Gasteiger partial charge in [0.2, 0.25) is 0 Å². The van der Waals surface area contributed by atoms with Crippen molar-refractivity contribution < 1.29 is 18.9 Å². The Morgan fingerprint density at radius 3 is 2.72 bits per heavy atom. The van der Waals surface area contributed by atoms with Crippen molar-refractivity contribution in [1.82, 2.24) is 10.2 Å². The summed E-state index contributed by atoms with van der Waals surface area (Å²) in [6, 6.07) is -0.0985. The van der Waals surface area contributed by atoms with E-state index in [9.17, 15) is 13.8 Å². The third-order valence-electron chi connectivity index (χ3n) is 3.48. The molecule has 1 unspecified atom stereocenters. The molecule has 2 fully saturated rings. The largest absolute Gasteiger partial charge is 0.481 e. The summed E-state index contributed by atoms with van der Waals surface area (Å²) in [5.74, 6) is 0.0761. The molecule has 2 amide bonds. The van der Waals surface area contributed by atoms with Crippen LogP contribution in [0.1, 0.15) is 19.3 Å². The molecule has 0 aromatic rings. The molecule has 2 rings (SSSR count). The quantitative estimate of drug-likeness (QED) is 0.685. The molecule has 2 N–H and O–H groups in total. The number of carbonyl (C=O) groups excluding carboxylic acids is 1. The molecule has 1 saturated carbocycles. The number of carboxylic acid groups (broad SMARTS) is 1. The molecule has 0 bridgehead atoms. The molecule has 1 aliphatic carbocycles. The van der Waals surface area contributed by atoms with Crippen LogP contribution in [0.2, 0.25) is 0 Å². The molecule has 2 aliphatic rings. The van der Waals surface area contributed by atoms with Gasteiger partial charge in [-0.3, -0.25) is 9.00 Å². The number of amides is 2. The minimum atomic E-state index is -1.04. The third kappa shape index (κ3) is 3.44. The van der Waals surface area contributed by atoms with Crippen LogP contribution in [-0.4, -0.2) is 57.4 Å². The minimum Gasteiger partial charge on any atom is -0.481 e. The first-order chi connectivity index (χ1) is 8.51. The molecular formula is C11H18N2O4S. The lowest BCUT2D eigenvalue weighted by Crippen LogP contribution is -2.32. The molecule has 0 spiro atoms. The Labute approximate surface area is 108 Å². The zero-order chi connectivity index (χ0) is 13.2. The first-order valence-electron chi connectivity index (χ1n) is 6.10. The van der Waals surface area contributed by atoms with Crippen LogP contribution in [0, 0.1) is 5.41 Å². The number of nitrogens with zero attached hydrogens (tertiary/aromatic N) is 1. The first kappa shape index (κ1) is 13.3. The van der Waals surface area contributed by atoms with E-state index in [0.29, 0.717) is 31.1 Å². The van der Waals surface area contributed by atoms with Gasteiger partial charge in [0.05, 0.1) is 6.42 Å². The number of nitrogens with one attached hydrogen (secondary N) is 1. The Bertz CT molecular complexity index is 381. The number of hydrogen-bond acceptors (Lipinski definition) is 3. The van der Waals surface area contributed by atoms with E-state index in [-0.39, 0.29) is 17.9 Å². The van der Waals surface area contributed by atoms with Gasteiger partial charge in [-0.1, -0.05) is 0 Å². The molecule has 1 atom stereocenters. The standard InChI is InChI=1S/C11H18N2O4S/c14-9(15)7-11(1-2-11)8-18(17)6-5-13-4-3-12-10(13)16/h1-8H2,(H,12,16)(H,14,15). The van der Waals surface area contributed by atoms with E-state index in [1.54, 1.807) is 4.90 Å². The molecule has 1 aliphatic heterocycles. The lowest BCUT2D eigenvalue weighted by atomic mass is 10.1.